The molecule has 0 radical (unpaired) electrons. The normalized spacial score (nSPS) is 12.3. The van der Waals surface area contributed by atoms with Crippen molar-refractivity contribution in [2.24, 2.45) is 0 Å². The highest BCUT2D eigenvalue weighted by Crippen LogP contribution is 2.39. The fourth-order valence-corrected chi connectivity index (χ4v) is 3.83. The molecule has 2 aromatic carbocycles. The molecule has 1 unspecified atom stereocenters. The van der Waals surface area contributed by atoms with Gasteiger partial charge in [0.25, 0.3) is 5.69 Å². The van der Waals surface area contributed by atoms with E-state index >= 15 is 0 Å². The molecule has 8 nitrogen and oxygen atoms in total. The van der Waals surface area contributed by atoms with Crippen LogP contribution in [0.2, 0.25) is 5.02 Å². The second-order valence-corrected chi connectivity index (χ2v) is 8.02. The number of alkyl halides is 3. The number of halogens is 4. The minimum atomic E-state index is -4.60. The number of nitro groups is 1. The Morgan fingerprint density at radius 1 is 1.19 bits per heavy atom. The van der Waals surface area contributed by atoms with Crippen LogP contribution in [0.15, 0.2) is 30.3 Å². The first kappa shape index (κ1) is 25.6. The fraction of sp³-hybridized carbons (Fsp3) is 0.316. The lowest BCUT2D eigenvalue weighted by molar-refractivity contribution is -0.383. The van der Waals surface area contributed by atoms with E-state index in [-0.39, 0.29) is 34.9 Å². The Bertz CT molecular complexity index is 1050. The molecule has 2 aromatic rings. The highest BCUT2D eigenvalue weighted by atomic mass is 35.5. The first-order valence-electron chi connectivity index (χ1n) is 9.16. The molecule has 174 valence electrons. The predicted molar refractivity (Wildman–Crippen MR) is 110 cm³/mol. The maximum atomic E-state index is 12.8. The topological polar surface area (TPSA) is 105 Å². The second kappa shape index (κ2) is 10.8. The van der Waals surface area contributed by atoms with Gasteiger partial charge in [-0.05, 0) is 31.5 Å². The zero-order chi connectivity index (χ0) is 24.1. The van der Waals surface area contributed by atoms with Gasteiger partial charge in [0.15, 0.2) is 6.61 Å². The van der Waals surface area contributed by atoms with Gasteiger partial charge in [-0.1, -0.05) is 18.5 Å². The number of aryl methyl sites for hydroxylation is 1. The molecular formula is C19H18ClF3NO7P. The summed E-state index contributed by atoms with van der Waals surface area (Å²) in [7, 11) is -3.28. The highest BCUT2D eigenvalue weighted by Gasteiger charge is 2.31. The maximum Gasteiger partial charge on any atom is 0.416 e. The molecule has 0 heterocycles. The number of rotatable bonds is 9. The van der Waals surface area contributed by atoms with Crippen molar-refractivity contribution in [3.05, 3.63) is 56.6 Å². The molecule has 0 saturated carbocycles. The zero-order valence-electron chi connectivity index (χ0n) is 16.8. The van der Waals surface area contributed by atoms with Crippen LogP contribution < -0.4 is 10.0 Å². The third-order valence-corrected chi connectivity index (χ3v) is 5.62. The molecule has 0 fully saturated rings. The number of ether oxygens (including phenoxy) is 2. The molecule has 1 atom stereocenters. The van der Waals surface area contributed by atoms with Gasteiger partial charge in [0, 0.05) is 17.7 Å². The van der Waals surface area contributed by atoms with E-state index < -0.39 is 43.0 Å². The molecule has 0 spiro atoms. The molecular weight excluding hydrogens is 478 g/mol. The Balaban J connectivity index is 2.43. The lowest BCUT2D eigenvalue weighted by Gasteiger charge is -2.15. The predicted octanol–water partition coefficient (Wildman–Crippen LogP) is 5.30. The SMILES string of the molecule is CCOC(=O)CO[PH](=O)c1cc(Oc2ccc(C(F)(F)F)cc2Cl)c(CC)cc1[N+](=O)[O-]. The summed E-state index contributed by atoms with van der Waals surface area (Å²) in [6.07, 6.45) is -4.35. The third kappa shape index (κ3) is 6.44. The van der Waals surface area contributed by atoms with Crippen molar-refractivity contribution in [3.63, 3.8) is 0 Å². The van der Waals surface area contributed by atoms with E-state index in [1.807, 2.05) is 0 Å². The van der Waals surface area contributed by atoms with Crippen LogP contribution in [-0.4, -0.2) is 24.1 Å². The van der Waals surface area contributed by atoms with E-state index in [2.05, 4.69) is 4.74 Å². The number of carbonyl (C=O) groups is 1. The molecule has 0 saturated heterocycles. The van der Waals surface area contributed by atoms with Crippen LogP contribution in [0.3, 0.4) is 0 Å². The van der Waals surface area contributed by atoms with Gasteiger partial charge in [-0.2, -0.15) is 13.2 Å². The van der Waals surface area contributed by atoms with Gasteiger partial charge in [0.05, 0.1) is 22.1 Å². The van der Waals surface area contributed by atoms with Crippen LogP contribution in [0.1, 0.15) is 25.0 Å². The van der Waals surface area contributed by atoms with Crippen LogP contribution in [0, 0.1) is 10.1 Å². The maximum absolute atomic E-state index is 12.8. The van der Waals surface area contributed by atoms with Gasteiger partial charge in [0.2, 0.25) is 8.03 Å². The molecule has 0 aliphatic rings. The van der Waals surface area contributed by atoms with Crippen LogP contribution >= 0.6 is 19.6 Å². The Morgan fingerprint density at radius 2 is 1.88 bits per heavy atom. The average molecular weight is 496 g/mol. The summed E-state index contributed by atoms with van der Waals surface area (Å²) in [6.45, 7) is 2.62. The largest absolute Gasteiger partial charge is 0.464 e. The molecule has 13 heteroatoms. The van der Waals surface area contributed by atoms with Crippen molar-refractivity contribution in [1.29, 1.82) is 0 Å². The summed E-state index contributed by atoms with van der Waals surface area (Å²) in [4.78, 5) is 22.1. The third-order valence-electron chi connectivity index (χ3n) is 4.08. The fourth-order valence-electron chi connectivity index (χ4n) is 2.58. The van der Waals surface area contributed by atoms with Crippen LogP contribution in [0.25, 0.3) is 0 Å². The van der Waals surface area contributed by atoms with E-state index in [4.69, 9.17) is 20.9 Å². The Labute approximate surface area is 186 Å². The first-order chi connectivity index (χ1) is 15.0. The average Bonchev–Trinajstić information content (AvgIpc) is 2.72. The minimum Gasteiger partial charge on any atom is -0.464 e. The van der Waals surface area contributed by atoms with Crippen molar-refractivity contribution in [3.8, 4) is 11.5 Å². The van der Waals surface area contributed by atoms with Crippen LogP contribution in [0.5, 0.6) is 11.5 Å². The quantitative estimate of drug-likeness (QED) is 0.201. The number of carbonyl (C=O) groups excluding carboxylic acids is 1. The Hall–Kier alpha value is -2.62. The smallest absolute Gasteiger partial charge is 0.416 e. The molecule has 32 heavy (non-hydrogen) atoms. The van der Waals surface area contributed by atoms with Gasteiger partial charge in [-0.15, -0.1) is 0 Å². The highest BCUT2D eigenvalue weighted by molar-refractivity contribution is 7.48. The molecule has 0 aliphatic carbocycles. The first-order valence-corrected chi connectivity index (χ1v) is 10.9. The van der Waals surface area contributed by atoms with Crippen molar-refractivity contribution in [1.82, 2.24) is 0 Å². The second-order valence-electron chi connectivity index (χ2n) is 6.21. The standard InChI is InChI=1S/C19H18ClF3NO7P/c1-3-11-7-14(24(26)27)17(32(28)30-10-18(25)29-4-2)9-16(11)31-15-6-5-12(8-13(15)20)19(21,22)23/h5-9,32H,3-4,10H2,1-2H3. The van der Waals surface area contributed by atoms with Gasteiger partial charge < -0.3 is 14.0 Å². The number of esters is 1. The minimum absolute atomic E-state index is 0.00663. The molecule has 2 rings (SSSR count). The summed E-state index contributed by atoms with van der Waals surface area (Å²) in [6, 6.07) is 4.67. The van der Waals surface area contributed by atoms with E-state index in [9.17, 15) is 32.6 Å². The van der Waals surface area contributed by atoms with E-state index in [0.717, 1.165) is 24.3 Å². The number of hydrogen-bond acceptors (Lipinski definition) is 7. The van der Waals surface area contributed by atoms with E-state index in [0.29, 0.717) is 11.6 Å². The molecule has 0 aromatic heterocycles. The Morgan fingerprint density at radius 3 is 2.41 bits per heavy atom. The van der Waals surface area contributed by atoms with Crippen LogP contribution in [0.4, 0.5) is 18.9 Å². The van der Waals surface area contributed by atoms with Crippen molar-refractivity contribution >= 4 is 36.6 Å². The van der Waals surface area contributed by atoms with Crippen molar-refractivity contribution < 1.29 is 41.5 Å². The lowest BCUT2D eigenvalue weighted by atomic mass is 10.1. The summed E-state index contributed by atoms with van der Waals surface area (Å²) in [5.41, 5.74) is -1.18. The summed E-state index contributed by atoms with van der Waals surface area (Å²) >= 11 is 5.91. The summed E-state index contributed by atoms with van der Waals surface area (Å²) in [5, 5.41) is 10.8. The molecule has 0 aliphatic heterocycles. The number of nitro benzene ring substituents is 1. The number of hydrogen-bond donors (Lipinski definition) is 0. The van der Waals surface area contributed by atoms with Crippen molar-refractivity contribution in [2.45, 2.75) is 26.4 Å². The van der Waals surface area contributed by atoms with Crippen molar-refractivity contribution in [2.75, 3.05) is 13.2 Å². The number of nitrogens with zero attached hydrogens (tertiary/aromatic N) is 1. The molecule has 0 N–H and O–H groups in total. The lowest BCUT2D eigenvalue weighted by Crippen LogP contribution is -2.13. The molecule has 0 bridgehead atoms. The van der Waals surface area contributed by atoms with Gasteiger partial charge in [0.1, 0.15) is 16.8 Å². The summed E-state index contributed by atoms with van der Waals surface area (Å²) < 4.78 is 66.3. The van der Waals surface area contributed by atoms with E-state index in [1.54, 1.807) is 13.8 Å². The molecule has 0 amide bonds. The zero-order valence-corrected chi connectivity index (χ0v) is 18.6. The van der Waals surface area contributed by atoms with Gasteiger partial charge >= 0.3 is 12.1 Å². The number of benzene rings is 2. The van der Waals surface area contributed by atoms with Crippen LogP contribution in [-0.2, 0) is 31.2 Å². The van der Waals surface area contributed by atoms with Gasteiger partial charge in [-0.3, -0.25) is 14.7 Å². The van der Waals surface area contributed by atoms with E-state index in [1.165, 1.54) is 0 Å². The monoisotopic (exact) mass is 495 g/mol. The summed E-state index contributed by atoms with van der Waals surface area (Å²) in [5.74, 6) is -0.944. The Kier molecular flexibility index (Phi) is 8.65. The van der Waals surface area contributed by atoms with Gasteiger partial charge in [-0.25, -0.2) is 4.79 Å².